The summed E-state index contributed by atoms with van der Waals surface area (Å²) in [4.78, 5) is 14.3. The average Bonchev–Trinajstić information content (AvgIpc) is 2.83. The van der Waals surface area contributed by atoms with Crippen molar-refractivity contribution in [2.45, 2.75) is 69.9 Å². The van der Waals surface area contributed by atoms with Crippen LogP contribution in [0.5, 0.6) is 0 Å². The van der Waals surface area contributed by atoms with Crippen LogP contribution in [-0.2, 0) is 9.53 Å². The number of carbonyl (C=O) groups is 1. The van der Waals surface area contributed by atoms with Crippen LogP contribution in [0.4, 0.5) is 0 Å². The molecule has 2 N–H and O–H groups in total. The van der Waals surface area contributed by atoms with Crippen LogP contribution >= 0.6 is 0 Å². The van der Waals surface area contributed by atoms with Crippen LogP contribution in [0, 0.1) is 0 Å². The largest absolute Gasteiger partial charge is 0.376 e. The molecule has 1 atom stereocenters. The lowest BCUT2D eigenvalue weighted by molar-refractivity contribution is -0.136. The molecule has 4 heteroatoms. The van der Waals surface area contributed by atoms with E-state index in [0.717, 1.165) is 51.8 Å². The SMILES string of the molecule is CCCOC1CCCN(C(=O)CC2(N)CCCC2)C1. The molecule has 1 amide bonds. The summed E-state index contributed by atoms with van der Waals surface area (Å²) in [6.07, 6.45) is 8.27. The van der Waals surface area contributed by atoms with Crippen molar-refractivity contribution in [1.82, 2.24) is 4.90 Å². The standard InChI is InChI=1S/C15H28N2O2/c1-2-10-19-13-6-5-9-17(12-13)14(18)11-15(16)7-3-4-8-15/h13H,2-12,16H2,1H3. The highest BCUT2D eigenvalue weighted by Crippen LogP contribution is 2.31. The number of nitrogens with zero attached hydrogens (tertiary/aromatic N) is 1. The molecular weight excluding hydrogens is 240 g/mol. The maximum Gasteiger partial charge on any atom is 0.224 e. The van der Waals surface area contributed by atoms with Crippen LogP contribution in [0.3, 0.4) is 0 Å². The topological polar surface area (TPSA) is 55.6 Å². The Balaban J connectivity index is 1.81. The fraction of sp³-hybridized carbons (Fsp3) is 0.933. The molecule has 2 aliphatic rings. The molecule has 1 unspecified atom stereocenters. The van der Waals surface area contributed by atoms with Gasteiger partial charge in [0.15, 0.2) is 0 Å². The second-order valence-electron chi connectivity index (χ2n) is 6.22. The minimum Gasteiger partial charge on any atom is -0.376 e. The smallest absolute Gasteiger partial charge is 0.224 e. The molecule has 0 aromatic heterocycles. The van der Waals surface area contributed by atoms with Crippen molar-refractivity contribution in [3.63, 3.8) is 0 Å². The van der Waals surface area contributed by atoms with Crippen LogP contribution in [0.1, 0.15) is 58.3 Å². The molecule has 1 saturated carbocycles. The van der Waals surface area contributed by atoms with Crippen molar-refractivity contribution < 1.29 is 9.53 Å². The number of nitrogens with two attached hydrogens (primary N) is 1. The summed E-state index contributed by atoms with van der Waals surface area (Å²) in [5.74, 6) is 0.231. The van der Waals surface area contributed by atoms with E-state index in [2.05, 4.69) is 6.92 Å². The molecule has 0 spiro atoms. The number of amides is 1. The predicted molar refractivity (Wildman–Crippen MR) is 75.8 cm³/mol. The summed E-state index contributed by atoms with van der Waals surface area (Å²) in [7, 11) is 0. The minimum absolute atomic E-state index is 0.228. The molecule has 4 nitrogen and oxygen atoms in total. The van der Waals surface area contributed by atoms with E-state index >= 15 is 0 Å². The Bertz CT molecular complexity index is 301. The molecule has 0 aromatic rings. The van der Waals surface area contributed by atoms with Gasteiger partial charge in [-0.2, -0.15) is 0 Å². The van der Waals surface area contributed by atoms with Crippen molar-refractivity contribution in [3.05, 3.63) is 0 Å². The summed E-state index contributed by atoms with van der Waals surface area (Å²) >= 11 is 0. The molecule has 2 rings (SSSR count). The lowest BCUT2D eigenvalue weighted by atomic mass is 9.93. The Morgan fingerprint density at radius 3 is 2.79 bits per heavy atom. The zero-order chi connectivity index (χ0) is 13.7. The van der Waals surface area contributed by atoms with Gasteiger partial charge in [-0.05, 0) is 32.1 Å². The third-order valence-electron chi connectivity index (χ3n) is 4.39. The summed E-state index contributed by atoms with van der Waals surface area (Å²) in [5, 5.41) is 0. The fourth-order valence-electron chi connectivity index (χ4n) is 3.25. The summed E-state index contributed by atoms with van der Waals surface area (Å²) in [6.45, 7) is 4.55. The van der Waals surface area contributed by atoms with Gasteiger partial charge in [-0.15, -0.1) is 0 Å². The van der Waals surface area contributed by atoms with Crippen LogP contribution < -0.4 is 5.73 Å². The first-order chi connectivity index (χ1) is 9.13. The van der Waals surface area contributed by atoms with Crippen LogP contribution in [-0.4, -0.2) is 42.1 Å². The zero-order valence-electron chi connectivity index (χ0n) is 12.2. The van der Waals surface area contributed by atoms with Gasteiger partial charge in [0.1, 0.15) is 0 Å². The van der Waals surface area contributed by atoms with Gasteiger partial charge in [-0.1, -0.05) is 19.8 Å². The summed E-state index contributed by atoms with van der Waals surface area (Å²) in [6, 6.07) is 0. The predicted octanol–water partition coefficient (Wildman–Crippen LogP) is 2.07. The quantitative estimate of drug-likeness (QED) is 0.830. The molecule has 110 valence electrons. The van der Waals surface area contributed by atoms with Crippen molar-refractivity contribution >= 4 is 5.91 Å². The van der Waals surface area contributed by atoms with Gasteiger partial charge < -0.3 is 15.4 Å². The molecule has 1 aliphatic heterocycles. The number of carbonyl (C=O) groups excluding carboxylic acids is 1. The number of rotatable bonds is 5. The summed E-state index contributed by atoms with van der Waals surface area (Å²) < 4.78 is 5.78. The molecule has 2 fully saturated rings. The lowest BCUT2D eigenvalue weighted by Crippen LogP contribution is -2.48. The van der Waals surface area contributed by atoms with Gasteiger partial charge in [0, 0.05) is 31.7 Å². The highest BCUT2D eigenvalue weighted by Gasteiger charge is 2.34. The number of piperidine rings is 1. The Labute approximate surface area is 116 Å². The van der Waals surface area contributed by atoms with Crippen LogP contribution in [0.15, 0.2) is 0 Å². The van der Waals surface area contributed by atoms with Crippen molar-refractivity contribution in [2.24, 2.45) is 5.73 Å². The Hall–Kier alpha value is -0.610. The molecule has 19 heavy (non-hydrogen) atoms. The van der Waals surface area contributed by atoms with E-state index in [0.29, 0.717) is 6.42 Å². The summed E-state index contributed by atoms with van der Waals surface area (Å²) in [5.41, 5.74) is 6.07. The zero-order valence-corrected chi connectivity index (χ0v) is 12.2. The molecular formula is C15H28N2O2. The number of ether oxygens (including phenoxy) is 1. The number of hydrogen-bond acceptors (Lipinski definition) is 3. The van der Waals surface area contributed by atoms with Gasteiger partial charge >= 0.3 is 0 Å². The fourth-order valence-corrected chi connectivity index (χ4v) is 3.25. The maximum atomic E-state index is 12.4. The van der Waals surface area contributed by atoms with Gasteiger partial charge in [0.2, 0.25) is 5.91 Å². The molecule has 1 aliphatic carbocycles. The van der Waals surface area contributed by atoms with E-state index < -0.39 is 0 Å². The maximum absolute atomic E-state index is 12.4. The third kappa shape index (κ3) is 4.18. The van der Waals surface area contributed by atoms with Crippen LogP contribution in [0.2, 0.25) is 0 Å². The Kier molecular flexibility index (Phi) is 5.22. The number of hydrogen-bond donors (Lipinski definition) is 1. The molecule has 0 radical (unpaired) electrons. The third-order valence-corrected chi connectivity index (χ3v) is 4.39. The van der Waals surface area contributed by atoms with E-state index in [1.165, 1.54) is 12.8 Å². The molecule has 1 saturated heterocycles. The van der Waals surface area contributed by atoms with Crippen LogP contribution in [0.25, 0.3) is 0 Å². The van der Waals surface area contributed by atoms with E-state index in [-0.39, 0.29) is 17.6 Å². The highest BCUT2D eigenvalue weighted by molar-refractivity contribution is 5.77. The van der Waals surface area contributed by atoms with Gasteiger partial charge in [-0.3, -0.25) is 4.79 Å². The molecule has 1 heterocycles. The van der Waals surface area contributed by atoms with E-state index in [1.54, 1.807) is 0 Å². The normalized spacial score (nSPS) is 26.6. The monoisotopic (exact) mass is 268 g/mol. The second kappa shape index (κ2) is 6.71. The molecule has 0 bridgehead atoms. The average molecular weight is 268 g/mol. The van der Waals surface area contributed by atoms with Gasteiger partial charge in [-0.25, -0.2) is 0 Å². The van der Waals surface area contributed by atoms with E-state index in [9.17, 15) is 4.79 Å². The van der Waals surface area contributed by atoms with E-state index in [4.69, 9.17) is 10.5 Å². The first-order valence-electron chi connectivity index (χ1n) is 7.81. The Morgan fingerprint density at radius 2 is 2.11 bits per heavy atom. The highest BCUT2D eigenvalue weighted by atomic mass is 16.5. The van der Waals surface area contributed by atoms with E-state index in [1.807, 2.05) is 4.90 Å². The minimum atomic E-state index is -0.228. The van der Waals surface area contributed by atoms with Crippen molar-refractivity contribution in [1.29, 1.82) is 0 Å². The van der Waals surface area contributed by atoms with Gasteiger partial charge in [0.25, 0.3) is 0 Å². The van der Waals surface area contributed by atoms with Crippen molar-refractivity contribution in [3.8, 4) is 0 Å². The first kappa shape index (κ1) is 14.8. The lowest BCUT2D eigenvalue weighted by Gasteiger charge is -2.35. The first-order valence-corrected chi connectivity index (χ1v) is 7.81. The number of likely N-dealkylation sites (tertiary alicyclic amines) is 1. The Morgan fingerprint density at radius 1 is 1.37 bits per heavy atom. The van der Waals surface area contributed by atoms with Crippen molar-refractivity contribution in [2.75, 3.05) is 19.7 Å². The van der Waals surface area contributed by atoms with Gasteiger partial charge in [0.05, 0.1) is 6.10 Å². The molecule has 0 aromatic carbocycles. The second-order valence-corrected chi connectivity index (χ2v) is 6.22.